The summed E-state index contributed by atoms with van der Waals surface area (Å²) in [4.78, 5) is 20.1. The van der Waals surface area contributed by atoms with Crippen molar-refractivity contribution in [3.05, 3.63) is 58.1 Å². The second-order valence-corrected chi connectivity index (χ2v) is 10.9. The molecular weight excluding hydrogens is 462 g/mol. The summed E-state index contributed by atoms with van der Waals surface area (Å²) in [6.45, 7) is 10.2. The van der Waals surface area contributed by atoms with Crippen molar-refractivity contribution in [2.75, 3.05) is 52.9 Å². The highest BCUT2D eigenvalue weighted by Gasteiger charge is 2.40. The normalized spacial score (nSPS) is 21.8. The van der Waals surface area contributed by atoms with Crippen LogP contribution in [0.2, 0.25) is 5.02 Å². The molecule has 0 bridgehead atoms. The van der Waals surface area contributed by atoms with Crippen molar-refractivity contribution in [1.82, 2.24) is 14.7 Å². The largest absolute Gasteiger partial charge is 0.508 e. The molecule has 35 heavy (non-hydrogen) atoms. The number of hydrogen-bond donors (Lipinski definition) is 1. The van der Waals surface area contributed by atoms with Crippen LogP contribution in [-0.2, 0) is 11.3 Å². The zero-order valence-corrected chi connectivity index (χ0v) is 22.0. The van der Waals surface area contributed by atoms with Crippen LogP contribution in [0.25, 0.3) is 0 Å². The molecule has 2 aliphatic heterocycles. The molecule has 190 valence electrons. The molecule has 0 aromatic heterocycles. The molecule has 1 N–H and O–H groups in total. The van der Waals surface area contributed by atoms with Gasteiger partial charge in [0, 0.05) is 61.7 Å². The van der Waals surface area contributed by atoms with Crippen LogP contribution >= 0.6 is 11.6 Å². The standard InChI is InChI=1S/C28H38ClN3O3/c1-21-5-8-26(33)23(15-21)18-31-10-4-9-28(19-31,17-27(34)32-13-11-30(3)12-14-32)20-35-24-6-7-25(29)22(2)16-24/h5-8,15-16,33H,4,9-14,17-20H2,1-3H3. The van der Waals surface area contributed by atoms with Gasteiger partial charge in [-0.05, 0) is 70.1 Å². The fraction of sp³-hybridized carbons (Fsp3) is 0.536. The van der Waals surface area contributed by atoms with Gasteiger partial charge in [-0.15, -0.1) is 0 Å². The maximum absolute atomic E-state index is 13.4. The lowest BCUT2D eigenvalue weighted by Crippen LogP contribution is -2.52. The predicted octanol–water partition coefficient (Wildman–Crippen LogP) is 4.49. The summed E-state index contributed by atoms with van der Waals surface area (Å²) >= 11 is 6.21. The number of ether oxygens (including phenoxy) is 1. The third-order valence-electron chi connectivity index (χ3n) is 7.43. The summed E-state index contributed by atoms with van der Waals surface area (Å²) in [7, 11) is 2.10. The molecule has 2 saturated heterocycles. The first-order valence-electron chi connectivity index (χ1n) is 12.6. The number of carbonyl (C=O) groups is 1. The number of nitrogens with zero attached hydrogens (tertiary/aromatic N) is 3. The van der Waals surface area contributed by atoms with Crippen LogP contribution < -0.4 is 4.74 Å². The summed E-state index contributed by atoms with van der Waals surface area (Å²) in [6, 6.07) is 11.5. The smallest absolute Gasteiger partial charge is 0.223 e. The zero-order valence-electron chi connectivity index (χ0n) is 21.2. The summed E-state index contributed by atoms with van der Waals surface area (Å²) in [5.41, 5.74) is 2.76. The van der Waals surface area contributed by atoms with E-state index in [1.54, 1.807) is 6.07 Å². The lowest BCUT2D eigenvalue weighted by Gasteiger charge is -2.43. The van der Waals surface area contributed by atoms with Gasteiger partial charge >= 0.3 is 0 Å². The van der Waals surface area contributed by atoms with Crippen molar-refractivity contribution >= 4 is 17.5 Å². The molecule has 4 rings (SSSR count). The third kappa shape index (κ3) is 6.69. The van der Waals surface area contributed by atoms with Crippen LogP contribution in [0.4, 0.5) is 0 Å². The first kappa shape index (κ1) is 25.8. The Balaban J connectivity index is 1.51. The van der Waals surface area contributed by atoms with Gasteiger partial charge in [0.05, 0.1) is 6.61 Å². The molecule has 7 heteroatoms. The highest BCUT2D eigenvalue weighted by atomic mass is 35.5. The molecule has 2 aliphatic rings. The van der Waals surface area contributed by atoms with Gasteiger partial charge in [-0.25, -0.2) is 0 Å². The third-order valence-corrected chi connectivity index (χ3v) is 7.85. The van der Waals surface area contributed by atoms with E-state index >= 15 is 0 Å². The molecule has 0 spiro atoms. The van der Waals surface area contributed by atoms with Crippen molar-refractivity contribution in [2.45, 2.75) is 39.7 Å². The number of piperidine rings is 1. The van der Waals surface area contributed by atoms with Crippen LogP contribution in [0.15, 0.2) is 36.4 Å². The van der Waals surface area contributed by atoms with Gasteiger partial charge in [-0.1, -0.05) is 29.3 Å². The Kier molecular flexibility index (Phi) is 8.25. The highest BCUT2D eigenvalue weighted by molar-refractivity contribution is 6.31. The number of piperazine rings is 1. The van der Waals surface area contributed by atoms with E-state index in [4.69, 9.17) is 16.3 Å². The molecule has 0 aliphatic carbocycles. The van der Waals surface area contributed by atoms with E-state index < -0.39 is 0 Å². The van der Waals surface area contributed by atoms with Gasteiger partial charge in [0.2, 0.25) is 5.91 Å². The number of halogens is 1. The molecule has 1 amide bonds. The summed E-state index contributed by atoms with van der Waals surface area (Å²) in [5, 5.41) is 11.1. The van der Waals surface area contributed by atoms with E-state index in [9.17, 15) is 9.90 Å². The van der Waals surface area contributed by atoms with Crippen LogP contribution in [0.5, 0.6) is 11.5 Å². The van der Waals surface area contributed by atoms with Gasteiger partial charge in [0.15, 0.2) is 0 Å². The molecule has 1 atom stereocenters. The molecule has 0 saturated carbocycles. The monoisotopic (exact) mass is 499 g/mol. The van der Waals surface area contributed by atoms with Crippen molar-refractivity contribution in [3.63, 3.8) is 0 Å². The maximum Gasteiger partial charge on any atom is 0.223 e. The minimum absolute atomic E-state index is 0.217. The van der Waals surface area contributed by atoms with Gasteiger partial charge < -0.3 is 19.6 Å². The molecule has 2 aromatic rings. The zero-order chi connectivity index (χ0) is 25.0. The Morgan fingerprint density at radius 2 is 1.86 bits per heavy atom. The Bertz CT molecular complexity index is 1040. The lowest BCUT2D eigenvalue weighted by atomic mass is 9.77. The van der Waals surface area contributed by atoms with E-state index in [0.717, 1.165) is 79.6 Å². The number of aromatic hydroxyl groups is 1. The Labute approximate surface area is 214 Å². The number of likely N-dealkylation sites (tertiary alicyclic amines) is 1. The first-order chi connectivity index (χ1) is 16.7. The van der Waals surface area contributed by atoms with E-state index in [0.29, 0.717) is 25.3 Å². The van der Waals surface area contributed by atoms with Crippen molar-refractivity contribution in [3.8, 4) is 11.5 Å². The fourth-order valence-corrected chi connectivity index (χ4v) is 5.39. The summed E-state index contributed by atoms with van der Waals surface area (Å²) < 4.78 is 6.32. The van der Waals surface area contributed by atoms with Crippen LogP contribution in [-0.4, -0.2) is 78.6 Å². The van der Waals surface area contributed by atoms with E-state index in [1.807, 2.05) is 49.1 Å². The molecule has 1 unspecified atom stereocenters. The predicted molar refractivity (Wildman–Crippen MR) is 140 cm³/mol. The quantitative estimate of drug-likeness (QED) is 0.608. The van der Waals surface area contributed by atoms with Crippen molar-refractivity contribution < 1.29 is 14.6 Å². The number of hydrogen-bond acceptors (Lipinski definition) is 5. The summed E-state index contributed by atoms with van der Waals surface area (Å²) in [6.07, 6.45) is 2.40. The molecule has 0 radical (unpaired) electrons. The fourth-order valence-electron chi connectivity index (χ4n) is 5.27. The van der Waals surface area contributed by atoms with Gasteiger partial charge in [-0.2, -0.15) is 0 Å². The molecule has 2 fully saturated rings. The number of aryl methyl sites for hydroxylation is 2. The SMILES string of the molecule is Cc1ccc(O)c(CN2CCCC(COc3ccc(Cl)c(C)c3)(CC(=O)N3CCN(C)CC3)C2)c1. The number of likely N-dealkylation sites (N-methyl/N-ethyl adjacent to an activating group) is 1. The van der Waals surface area contributed by atoms with Crippen molar-refractivity contribution in [1.29, 1.82) is 0 Å². The van der Waals surface area contributed by atoms with Gasteiger partial charge in [0.1, 0.15) is 11.5 Å². The molecular formula is C28H38ClN3O3. The van der Waals surface area contributed by atoms with Gasteiger partial charge in [0.25, 0.3) is 0 Å². The van der Waals surface area contributed by atoms with E-state index in [2.05, 4.69) is 16.8 Å². The molecule has 2 aromatic carbocycles. The second-order valence-electron chi connectivity index (χ2n) is 10.5. The molecule has 6 nitrogen and oxygen atoms in total. The second kappa shape index (κ2) is 11.2. The number of carbonyl (C=O) groups excluding carboxylic acids is 1. The number of rotatable bonds is 7. The summed E-state index contributed by atoms with van der Waals surface area (Å²) in [5.74, 6) is 1.33. The Morgan fingerprint density at radius 1 is 1.09 bits per heavy atom. The van der Waals surface area contributed by atoms with E-state index in [1.165, 1.54) is 0 Å². The average Bonchev–Trinajstić information content (AvgIpc) is 2.83. The number of amides is 1. The minimum atomic E-state index is -0.286. The maximum atomic E-state index is 13.4. The number of phenols is 1. The number of phenolic OH excluding ortho intramolecular Hbond substituents is 1. The average molecular weight is 500 g/mol. The lowest BCUT2D eigenvalue weighted by molar-refractivity contribution is -0.137. The molecule has 2 heterocycles. The van der Waals surface area contributed by atoms with E-state index in [-0.39, 0.29) is 11.3 Å². The Hall–Kier alpha value is -2.28. The van der Waals surface area contributed by atoms with Crippen LogP contribution in [0.3, 0.4) is 0 Å². The topological polar surface area (TPSA) is 56.3 Å². The van der Waals surface area contributed by atoms with Crippen LogP contribution in [0, 0.1) is 19.3 Å². The van der Waals surface area contributed by atoms with Gasteiger partial charge in [-0.3, -0.25) is 9.69 Å². The number of benzene rings is 2. The first-order valence-corrected chi connectivity index (χ1v) is 13.0. The minimum Gasteiger partial charge on any atom is -0.508 e. The Morgan fingerprint density at radius 3 is 2.60 bits per heavy atom. The highest BCUT2D eigenvalue weighted by Crippen LogP contribution is 2.37. The van der Waals surface area contributed by atoms with Crippen LogP contribution in [0.1, 0.15) is 36.0 Å². The van der Waals surface area contributed by atoms with Crippen molar-refractivity contribution in [2.24, 2.45) is 5.41 Å².